The van der Waals surface area contributed by atoms with Crippen LogP contribution < -0.4 is 5.32 Å². The van der Waals surface area contributed by atoms with Gasteiger partial charge in [-0.25, -0.2) is 9.78 Å². The number of hydrogen-bond acceptors (Lipinski definition) is 2. The molecule has 31 heavy (non-hydrogen) atoms. The summed E-state index contributed by atoms with van der Waals surface area (Å²) in [5, 5.41) is 2.46. The van der Waals surface area contributed by atoms with Gasteiger partial charge in [0.1, 0.15) is 5.82 Å². The van der Waals surface area contributed by atoms with Crippen LogP contribution in [0.15, 0.2) is 48.5 Å². The van der Waals surface area contributed by atoms with E-state index in [4.69, 9.17) is 4.98 Å². The van der Waals surface area contributed by atoms with Crippen molar-refractivity contribution in [3.63, 3.8) is 0 Å². The van der Waals surface area contributed by atoms with E-state index in [1.54, 1.807) is 4.90 Å². The molecule has 2 aromatic carbocycles. The van der Waals surface area contributed by atoms with Gasteiger partial charge in [0.05, 0.1) is 22.3 Å². The van der Waals surface area contributed by atoms with Crippen LogP contribution in [0.4, 0.5) is 23.7 Å². The van der Waals surface area contributed by atoms with E-state index in [-0.39, 0.29) is 17.6 Å². The Bertz CT molecular complexity index is 1090. The van der Waals surface area contributed by atoms with Crippen LogP contribution in [0.25, 0.3) is 11.0 Å². The summed E-state index contributed by atoms with van der Waals surface area (Å²) in [7, 11) is 0. The van der Waals surface area contributed by atoms with Crippen LogP contribution in [-0.4, -0.2) is 33.6 Å². The van der Waals surface area contributed by atoms with E-state index >= 15 is 0 Å². The molecule has 1 atom stereocenters. The van der Waals surface area contributed by atoms with Crippen molar-refractivity contribution >= 4 is 22.8 Å². The summed E-state index contributed by atoms with van der Waals surface area (Å²) in [6, 6.07) is 12.7. The number of urea groups is 1. The largest absolute Gasteiger partial charge is 0.418 e. The first-order valence-electron chi connectivity index (χ1n) is 10.4. The first kappa shape index (κ1) is 21.2. The number of alkyl halides is 3. The van der Waals surface area contributed by atoms with Gasteiger partial charge in [0.2, 0.25) is 0 Å². The molecule has 8 heteroatoms. The van der Waals surface area contributed by atoms with Crippen molar-refractivity contribution in [1.29, 1.82) is 0 Å². The van der Waals surface area contributed by atoms with E-state index in [2.05, 4.69) is 23.7 Å². The number of benzene rings is 2. The maximum absolute atomic E-state index is 13.3. The van der Waals surface area contributed by atoms with Crippen molar-refractivity contribution in [1.82, 2.24) is 14.5 Å². The molecular weight excluding hydrogens is 405 g/mol. The van der Waals surface area contributed by atoms with Crippen molar-refractivity contribution in [2.24, 2.45) is 0 Å². The summed E-state index contributed by atoms with van der Waals surface area (Å²) in [4.78, 5) is 19.3. The number of carbonyl (C=O) groups is 1. The van der Waals surface area contributed by atoms with Crippen LogP contribution in [0.5, 0.6) is 0 Å². The first-order chi connectivity index (χ1) is 14.8. The van der Waals surface area contributed by atoms with Gasteiger partial charge in [-0.15, -0.1) is 0 Å². The van der Waals surface area contributed by atoms with E-state index < -0.39 is 17.8 Å². The van der Waals surface area contributed by atoms with Gasteiger partial charge in [-0.3, -0.25) is 0 Å². The summed E-state index contributed by atoms with van der Waals surface area (Å²) < 4.78 is 42.0. The molecule has 0 spiro atoms. The van der Waals surface area contributed by atoms with Gasteiger partial charge in [-0.1, -0.05) is 24.3 Å². The van der Waals surface area contributed by atoms with Gasteiger partial charge in [0.15, 0.2) is 0 Å². The number of nitrogens with one attached hydrogen (secondary N) is 1. The Hall–Kier alpha value is -3.03. The standard InChI is InChI=1S/C23H25F3N4O/c1-15(2)30-20-12-6-5-11-19(20)27-21(30)16-8-7-13-29(14-16)22(31)28-18-10-4-3-9-17(18)23(24,25)26/h3-6,9-12,15-16H,7-8,13-14H2,1-2H3,(H,28,31)/t16-/m0/s1. The molecule has 164 valence electrons. The highest BCUT2D eigenvalue weighted by Gasteiger charge is 2.35. The fourth-order valence-electron chi connectivity index (χ4n) is 4.30. The Kier molecular flexibility index (Phi) is 5.64. The second kappa shape index (κ2) is 8.24. The summed E-state index contributed by atoms with van der Waals surface area (Å²) >= 11 is 0. The molecule has 1 aliphatic rings. The van der Waals surface area contributed by atoms with Crippen LogP contribution in [0, 0.1) is 0 Å². The molecule has 0 bridgehead atoms. The highest BCUT2D eigenvalue weighted by Crippen LogP contribution is 2.35. The fraction of sp³-hybridized carbons (Fsp3) is 0.391. The van der Waals surface area contributed by atoms with Gasteiger partial charge in [-0.05, 0) is 51.0 Å². The number of rotatable bonds is 3. The van der Waals surface area contributed by atoms with Gasteiger partial charge >= 0.3 is 12.2 Å². The van der Waals surface area contributed by atoms with E-state index in [1.807, 2.05) is 24.3 Å². The number of likely N-dealkylation sites (tertiary alicyclic amines) is 1. The van der Waals surface area contributed by atoms with E-state index in [1.165, 1.54) is 18.2 Å². The second-order valence-corrected chi connectivity index (χ2v) is 8.18. The average Bonchev–Trinajstić information content (AvgIpc) is 3.13. The molecule has 1 fully saturated rings. The molecule has 1 N–H and O–H groups in total. The Balaban J connectivity index is 1.57. The molecule has 4 rings (SSSR count). The summed E-state index contributed by atoms with van der Waals surface area (Å²) in [5.74, 6) is 0.941. The number of carbonyl (C=O) groups excluding carboxylic acids is 1. The molecule has 0 radical (unpaired) electrons. The lowest BCUT2D eigenvalue weighted by Crippen LogP contribution is -2.42. The van der Waals surface area contributed by atoms with Gasteiger partial charge in [-0.2, -0.15) is 13.2 Å². The topological polar surface area (TPSA) is 50.2 Å². The Labute approximate surface area is 178 Å². The monoisotopic (exact) mass is 430 g/mol. The van der Waals surface area contributed by atoms with Crippen molar-refractivity contribution in [2.75, 3.05) is 18.4 Å². The summed E-state index contributed by atoms with van der Waals surface area (Å²) in [6.45, 7) is 5.10. The molecule has 1 saturated heterocycles. The third-order valence-corrected chi connectivity index (χ3v) is 5.69. The molecule has 0 unspecified atom stereocenters. The van der Waals surface area contributed by atoms with Crippen LogP contribution >= 0.6 is 0 Å². The van der Waals surface area contributed by atoms with Crippen molar-refractivity contribution in [3.05, 3.63) is 59.9 Å². The fourth-order valence-corrected chi connectivity index (χ4v) is 4.30. The van der Waals surface area contributed by atoms with Gasteiger partial charge < -0.3 is 14.8 Å². The maximum atomic E-state index is 13.3. The average molecular weight is 430 g/mol. The smallest absolute Gasteiger partial charge is 0.325 e. The molecular formula is C23H25F3N4O. The Morgan fingerprint density at radius 1 is 1.13 bits per heavy atom. The van der Waals surface area contributed by atoms with Crippen LogP contribution in [0.3, 0.4) is 0 Å². The lowest BCUT2D eigenvalue weighted by atomic mass is 9.97. The SMILES string of the molecule is CC(C)n1c([C@H]2CCCN(C(=O)Nc3ccccc3C(F)(F)F)C2)nc2ccccc21. The predicted molar refractivity (Wildman–Crippen MR) is 114 cm³/mol. The van der Waals surface area contributed by atoms with Crippen molar-refractivity contribution in [3.8, 4) is 0 Å². The molecule has 1 aliphatic heterocycles. The Morgan fingerprint density at radius 2 is 1.84 bits per heavy atom. The van der Waals surface area contributed by atoms with E-state index in [0.29, 0.717) is 13.1 Å². The minimum atomic E-state index is -4.53. The zero-order chi connectivity index (χ0) is 22.2. The predicted octanol–water partition coefficient (Wildman–Crippen LogP) is 6.05. The number of hydrogen-bond donors (Lipinski definition) is 1. The number of para-hydroxylation sites is 3. The molecule has 0 saturated carbocycles. The molecule has 0 aliphatic carbocycles. The summed E-state index contributed by atoms with van der Waals surface area (Å²) in [5.41, 5.74) is 0.884. The highest BCUT2D eigenvalue weighted by molar-refractivity contribution is 5.90. The minimum Gasteiger partial charge on any atom is -0.325 e. The number of piperidine rings is 1. The molecule has 2 amide bonds. The normalized spacial score (nSPS) is 17.4. The lowest BCUT2D eigenvalue weighted by Gasteiger charge is -2.33. The molecule has 1 aromatic heterocycles. The third kappa shape index (κ3) is 4.24. The number of imidazole rings is 1. The summed E-state index contributed by atoms with van der Waals surface area (Å²) in [6.07, 6.45) is -2.89. The quantitative estimate of drug-likeness (QED) is 0.550. The maximum Gasteiger partial charge on any atom is 0.418 e. The van der Waals surface area contributed by atoms with Crippen molar-refractivity contribution < 1.29 is 18.0 Å². The van der Waals surface area contributed by atoms with Crippen molar-refractivity contribution in [2.45, 2.75) is 44.8 Å². The Morgan fingerprint density at radius 3 is 2.58 bits per heavy atom. The van der Waals surface area contributed by atoms with E-state index in [9.17, 15) is 18.0 Å². The van der Waals surface area contributed by atoms with Crippen LogP contribution in [-0.2, 0) is 6.18 Å². The van der Waals surface area contributed by atoms with Gasteiger partial charge in [0.25, 0.3) is 0 Å². The minimum absolute atomic E-state index is 0.0205. The first-order valence-corrected chi connectivity index (χ1v) is 10.4. The molecule has 5 nitrogen and oxygen atoms in total. The zero-order valence-corrected chi connectivity index (χ0v) is 17.5. The number of aromatic nitrogens is 2. The number of amides is 2. The van der Waals surface area contributed by atoms with E-state index in [0.717, 1.165) is 35.8 Å². The number of anilines is 1. The van der Waals surface area contributed by atoms with Crippen LogP contribution in [0.2, 0.25) is 0 Å². The molecule has 2 heterocycles. The number of fused-ring (bicyclic) bond motifs is 1. The number of halogens is 3. The zero-order valence-electron chi connectivity index (χ0n) is 17.5. The molecule has 3 aromatic rings. The highest BCUT2D eigenvalue weighted by atomic mass is 19.4. The van der Waals surface area contributed by atoms with Gasteiger partial charge in [0, 0.05) is 25.0 Å². The third-order valence-electron chi connectivity index (χ3n) is 5.69. The van der Waals surface area contributed by atoms with Crippen LogP contribution in [0.1, 0.15) is 50.0 Å². The second-order valence-electron chi connectivity index (χ2n) is 8.18. The lowest BCUT2D eigenvalue weighted by molar-refractivity contribution is -0.136. The number of nitrogens with zero attached hydrogens (tertiary/aromatic N) is 3.